The van der Waals surface area contributed by atoms with E-state index in [2.05, 4.69) is 10.5 Å². The molecule has 6 nitrogen and oxygen atoms in total. The number of nitro benzene ring substituents is 1. The third kappa shape index (κ3) is 4.12. The first-order valence-electron chi connectivity index (χ1n) is 5.90. The monoisotopic (exact) mass is 303 g/mol. The van der Waals surface area contributed by atoms with Crippen LogP contribution in [0.2, 0.25) is 5.02 Å². The van der Waals surface area contributed by atoms with Gasteiger partial charge in [0.25, 0.3) is 11.6 Å². The Labute approximate surface area is 125 Å². The molecule has 2 aromatic carbocycles. The van der Waals surface area contributed by atoms with Gasteiger partial charge in [-0.3, -0.25) is 14.9 Å². The Balaban J connectivity index is 1.99. The topological polar surface area (TPSA) is 84.6 Å². The number of hydrogen-bond donors (Lipinski definition) is 1. The van der Waals surface area contributed by atoms with Crippen LogP contribution >= 0.6 is 11.6 Å². The second-order valence-corrected chi connectivity index (χ2v) is 4.49. The van der Waals surface area contributed by atoms with E-state index in [9.17, 15) is 14.9 Å². The summed E-state index contributed by atoms with van der Waals surface area (Å²) < 4.78 is 0. The highest BCUT2D eigenvalue weighted by Crippen LogP contribution is 2.11. The van der Waals surface area contributed by atoms with Gasteiger partial charge in [0.05, 0.1) is 11.1 Å². The van der Waals surface area contributed by atoms with Gasteiger partial charge < -0.3 is 0 Å². The molecular formula is C14H10ClN3O3. The summed E-state index contributed by atoms with van der Waals surface area (Å²) >= 11 is 5.79. The maximum atomic E-state index is 11.8. The Bertz CT molecular complexity index is 699. The fraction of sp³-hybridized carbons (Fsp3) is 0. The first-order chi connectivity index (χ1) is 10.1. The SMILES string of the molecule is O=C(NN=Cc1ccc([N+](=O)[O-])cc1)c1cccc(Cl)c1. The highest BCUT2D eigenvalue weighted by molar-refractivity contribution is 6.30. The zero-order valence-electron chi connectivity index (χ0n) is 10.7. The lowest BCUT2D eigenvalue weighted by Crippen LogP contribution is -2.17. The Kier molecular flexibility index (Phi) is 4.63. The van der Waals surface area contributed by atoms with Crippen LogP contribution in [0.15, 0.2) is 53.6 Å². The van der Waals surface area contributed by atoms with Crippen LogP contribution in [0.3, 0.4) is 0 Å². The van der Waals surface area contributed by atoms with Gasteiger partial charge in [0.15, 0.2) is 0 Å². The normalized spacial score (nSPS) is 10.5. The molecule has 1 N–H and O–H groups in total. The molecule has 0 fully saturated rings. The Hall–Kier alpha value is -2.73. The van der Waals surface area contributed by atoms with Crippen molar-refractivity contribution in [3.8, 4) is 0 Å². The molecule has 0 saturated heterocycles. The van der Waals surface area contributed by atoms with Crippen molar-refractivity contribution in [2.75, 3.05) is 0 Å². The second-order valence-electron chi connectivity index (χ2n) is 4.06. The van der Waals surface area contributed by atoms with E-state index in [0.717, 1.165) is 0 Å². The second kappa shape index (κ2) is 6.62. The molecule has 0 radical (unpaired) electrons. The minimum absolute atomic E-state index is 0.00452. The molecule has 106 valence electrons. The molecule has 0 aliphatic carbocycles. The zero-order chi connectivity index (χ0) is 15.2. The van der Waals surface area contributed by atoms with Crippen molar-refractivity contribution in [1.82, 2.24) is 5.43 Å². The van der Waals surface area contributed by atoms with E-state index in [4.69, 9.17) is 11.6 Å². The third-order valence-corrected chi connectivity index (χ3v) is 2.81. The number of carbonyl (C=O) groups excluding carboxylic acids is 1. The number of hydrogen-bond acceptors (Lipinski definition) is 4. The quantitative estimate of drug-likeness (QED) is 0.535. The van der Waals surface area contributed by atoms with E-state index in [1.54, 1.807) is 18.2 Å². The fourth-order valence-corrected chi connectivity index (χ4v) is 1.73. The molecule has 0 saturated carbocycles. The Morgan fingerprint density at radius 2 is 1.95 bits per heavy atom. The van der Waals surface area contributed by atoms with Crippen molar-refractivity contribution in [3.05, 3.63) is 74.8 Å². The molecule has 0 aliphatic heterocycles. The van der Waals surface area contributed by atoms with Crippen molar-refractivity contribution < 1.29 is 9.72 Å². The highest BCUT2D eigenvalue weighted by Gasteiger charge is 2.04. The van der Waals surface area contributed by atoms with Crippen molar-refractivity contribution in [1.29, 1.82) is 0 Å². The maximum Gasteiger partial charge on any atom is 0.271 e. The number of hydrazone groups is 1. The van der Waals surface area contributed by atoms with E-state index < -0.39 is 10.8 Å². The number of carbonyl (C=O) groups is 1. The van der Waals surface area contributed by atoms with Crippen LogP contribution in [-0.4, -0.2) is 17.0 Å². The molecule has 0 aromatic heterocycles. The van der Waals surface area contributed by atoms with Gasteiger partial charge in [-0.1, -0.05) is 17.7 Å². The summed E-state index contributed by atoms with van der Waals surface area (Å²) in [6.07, 6.45) is 1.40. The molecule has 0 atom stereocenters. The van der Waals surface area contributed by atoms with Gasteiger partial charge in [-0.2, -0.15) is 5.10 Å². The van der Waals surface area contributed by atoms with Crippen LogP contribution < -0.4 is 5.43 Å². The molecule has 2 aromatic rings. The summed E-state index contributed by atoms with van der Waals surface area (Å²) in [6, 6.07) is 12.3. The van der Waals surface area contributed by atoms with Crippen molar-refractivity contribution in [3.63, 3.8) is 0 Å². The minimum Gasteiger partial charge on any atom is -0.267 e. The molecular weight excluding hydrogens is 294 g/mol. The first-order valence-corrected chi connectivity index (χ1v) is 6.27. The molecule has 1 amide bonds. The van der Waals surface area contributed by atoms with E-state index >= 15 is 0 Å². The lowest BCUT2D eigenvalue weighted by Gasteiger charge is -2.00. The van der Waals surface area contributed by atoms with E-state index in [-0.39, 0.29) is 5.69 Å². The summed E-state index contributed by atoms with van der Waals surface area (Å²) in [5.41, 5.74) is 3.37. The molecule has 0 heterocycles. The molecule has 7 heteroatoms. The Morgan fingerprint density at radius 1 is 1.24 bits per heavy atom. The van der Waals surface area contributed by atoms with Gasteiger partial charge in [0.1, 0.15) is 0 Å². The van der Waals surface area contributed by atoms with E-state index in [1.807, 2.05) is 0 Å². The van der Waals surface area contributed by atoms with Crippen molar-refractivity contribution in [2.24, 2.45) is 5.10 Å². The number of non-ortho nitro benzene ring substituents is 1. The van der Waals surface area contributed by atoms with Gasteiger partial charge in [0, 0.05) is 22.7 Å². The first kappa shape index (κ1) is 14.7. The Morgan fingerprint density at radius 3 is 2.57 bits per heavy atom. The van der Waals surface area contributed by atoms with E-state index in [0.29, 0.717) is 16.1 Å². The maximum absolute atomic E-state index is 11.8. The number of benzene rings is 2. The average Bonchev–Trinajstić information content (AvgIpc) is 2.47. The predicted octanol–water partition coefficient (Wildman–Crippen LogP) is 3.01. The molecule has 0 unspecified atom stereocenters. The fourth-order valence-electron chi connectivity index (χ4n) is 1.54. The largest absolute Gasteiger partial charge is 0.271 e. The summed E-state index contributed by atoms with van der Waals surface area (Å²) in [7, 11) is 0. The van der Waals surface area contributed by atoms with Crippen LogP contribution in [-0.2, 0) is 0 Å². The minimum atomic E-state index is -0.484. The van der Waals surface area contributed by atoms with Crippen LogP contribution in [0.25, 0.3) is 0 Å². The summed E-state index contributed by atoms with van der Waals surface area (Å²) in [5.74, 6) is -0.393. The summed E-state index contributed by atoms with van der Waals surface area (Å²) in [6.45, 7) is 0. The number of nitro groups is 1. The molecule has 0 spiro atoms. The molecule has 0 aliphatic rings. The van der Waals surface area contributed by atoms with Crippen LogP contribution in [0.1, 0.15) is 15.9 Å². The number of nitrogens with one attached hydrogen (secondary N) is 1. The van der Waals surface area contributed by atoms with Gasteiger partial charge in [-0.25, -0.2) is 5.43 Å². The van der Waals surface area contributed by atoms with Crippen molar-refractivity contribution >= 4 is 29.4 Å². The lowest BCUT2D eigenvalue weighted by atomic mass is 10.2. The van der Waals surface area contributed by atoms with Crippen LogP contribution in [0, 0.1) is 10.1 Å². The standard InChI is InChI=1S/C14H10ClN3O3/c15-12-3-1-2-11(8-12)14(19)17-16-9-10-4-6-13(7-5-10)18(20)21/h1-9H,(H,17,19). The predicted molar refractivity (Wildman–Crippen MR) is 79.6 cm³/mol. The highest BCUT2D eigenvalue weighted by atomic mass is 35.5. The lowest BCUT2D eigenvalue weighted by molar-refractivity contribution is -0.384. The summed E-state index contributed by atoms with van der Waals surface area (Å²) in [4.78, 5) is 21.8. The summed E-state index contributed by atoms with van der Waals surface area (Å²) in [5, 5.41) is 14.7. The molecule has 2 rings (SSSR count). The number of nitrogens with zero attached hydrogens (tertiary/aromatic N) is 2. The number of amides is 1. The molecule has 21 heavy (non-hydrogen) atoms. The smallest absolute Gasteiger partial charge is 0.267 e. The van der Waals surface area contributed by atoms with Gasteiger partial charge in [0.2, 0.25) is 0 Å². The van der Waals surface area contributed by atoms with Gasteiger partial charge >= 0.3 is 0 Å². The van der Waals surface area contributed by atoms with Crippen LogP contribution in [0.4, 0.5) is 5.69 Å². The number of rotatable bonds is 4. The van der Waals surface area contributed by atoms with Gasteiger partial charge in [-0.05, 0) is 35.9 Å². The molecule has 0 bridgehead atoms. The van der Waals surface area contributed by atoms with Gasteiger partial charge in [-0.15, -0.1) is 0 Å². The average molecular weight is 304 g/mol. The third-order valence-electron chi connectivity index (χ3n) is 2.57. The van der Waals surface area contributed by atoms with Crippen molar-refractivity contribution in [2.45, 2.75) is 0 Å². The zero-order valence-corrected chi connectivity index (χ0v) is 11.4. The van der Waals surface area contributed by atoms with Crippen LogP contribution in [0.5, 0.6) is 0 Å². The number of halogens is 1. The van der Waals surface area contributed by atoms with E-state index in [1.165, 1.54) is 36.5 Å².